The molecule has 0 bridgehead atoms. The summed E-state index contributed by atoms with van der Waals surface area (Å²) in [6.07, 6.45) is 6.16. The molecule has 0 unspecified atom stereocenters. The van der Waals surface area contributed by atoms with Gasteiger partial charge in [-0.2, -0.15) is 0 Å². The number of ether oxygens (including phenoxy) is 1. The highest BCUT2D eigenvalue weighted by Gasteiger charge is 2.23. The van der Waals surface area contributed by atoms with Crippen molar-refractivity contribution >= 4 is 11.3 Å². The van der Waals surface area contributed by atoms with Crippen LogP contribution in [0, 0.1) is 0 Å². The topological polar surface area (TPSA) is 47.0 Å². The minimum atomic E-state index is 0.723. The lowest BCUT2D eigenvalue weighted by Gasteiger charge is -2.21. The second-order valence-electron chi connectivity index (χ2n) is 4.51. The number of rotatable bonds is 8. The molecule has 0 amide bonds. The first-order valence-electron chi connectivity index (χ1n) is 6.42. The molecule has 96 valence electrons. The van der Waals surface area contributed by atoms with E-state index in [0.717, 1.165) is 38.5 Å². The van der Waals surface area contributed by atoms with Gasteiger partial charge in [-0.25, -0.2) is 0 Å². The van der Waals surface area contributed by atoms with Gasteiger partial charge in [0, 0.05) is 26.0 Å². The number of aromatic nitrogens is 2. The Morgan fingerprint density at radius 1 is 1.35 bits per heavy atom. The summed E-state index contributed by atoms with van der Waals surface area (Å²) < 4.78 is 4.97. The number of methoxy groups -OCH3 is 1. The SMILES string of the molecule is COCCNCCCc1nnc(C2CCC2)s1. The average Bonchev–Trinajstić information content (AvgIpc) is 2.69. The van der Waals surface area contributed by atoms with Crippen molar-refractivity contribution in [1.82, 2.24) is 15.5 Å². The highest BCUT2D eigenvalue weighted by Crippen LogP contribution is 2.37. The van der Waals surface area contributed by atoms with Gasteiger partial charge in [-0.15, -0.1) is 21.5 Å². The first-order valence-corrected chi connectivity index (χ1v) is 7.23. The third kappa shape index (κ3) is 4.01. The number of nitrogens with zero attached hydrogens (tertiary/aromatic N) is 2. The highest BCUT2D eigenvalue weighted by atomic mass is 32.1. The maximum Gasteiger partial charge on any atom is 0.120 e. The molecule has 1 aromatic heterocycles. The van der Waals surface area contributed by atoms with Gasteiger partial charge >= 0.3 is 0 Å². The van der Waals surface area contributed by atoms with Crippen molar-refractivity contribution < 1.29 is 4.74 Å². The van der Waals surface area contributed by atoms with Crippen LogP contribution < -0.4 is 5.32 Å². The van der Waals surface area contributed by atoms with Crippen molar-refractivity contribution in [2.75, 3.05) is 26.8 Å². The fourth-order valence-electron chi connectivity index (χ4n) is 1.85. The van der Waals surface area contributed by atoms with Crippen molar-refractivity contribution in [1.29, 1.82) is 0 Å². The number of hydrogen-bond donors (Lipinski definition) is 1. The Hall–Kier alpha value is -0.520. The zero-order chi connectivity index (χ0) is 11.9. The minimum absolute atomic E-state index is 0.723. The predicted molar refractivity (Wildman–Crippen MR) is 69.6 cm³/mol. The number of aryl methyl sites for hydroxylation is 1. The lowest BCUT2D eigenvalue weighted by Crippen LogP contribution is -2.20. The average molecular weight is 255 g/mol. The van der Waals surface area contributed by atoms with E-state index in [0.29, 0.717) is 0 Å². The normalized spacial score (nSPS) is 16.1. The van der Waals surface area contributed by atoms with Gasteiger partial charge in [0.05, 0.1) is 6.61 Å². The minimum Gasteiger partial charge on any atom is -0.383 e. The van der Waals surface area contributed by atoms with E-state index in [2.05, 4.69) is 15.5 Å². The maximum atomic E-state index is 4.97. The fourth-order valence-corrected chi connectivity index (χ4v) is 2.91. The van der Waals surface area contributed by atoms with Gasteiger partial charge < -0.3 is 10.1 Å². The van der Waals surface area contributed by atoms with Gasteiger partial charge in [-0.1, -0.05) is 6.42 Å². The summed E-state index contributed by atoms with van der Waals surface area (Å²) in [6.45, 7) is 2.74. The van der Waals surface area contributed by atoms with Gasteiger partial charge in [0.1, 0.15) is 10.0 Å². The Labute approximate surface area is 107 Å². The monoisotopic (exact) mass is 255 g/mol. The Balaban J connectivity index is 1.60. The highest BCUT2D eigenvalue weighted by molar-refractivity contribution is 7.11. The fraction of sp³-hybridized carbons (Fsp3) is 0.833. The van der Waals surface area contributed by atoms with Gasteiger partial charge in [0.15, 0.2) is 0 Å². The zero-order valence-corrected chi connectivity index (χ0v) is 11.3. The Morgan fingerprint density at radius 2 is 2.24 bits per heavy atom. The largest absolute Gasteiger partial charge is 0.383 e. The predicted octanol–water partition coefficient (Wildman–Crippen LogP) is 1.97. The third-order valence-electron chi connectivity index (χ3n) is 3.16. The van der Waals surface area contributed by atoms with Crippen molar-refractivity contribution in [3.05, 3.63) is 10.0 Å². The molecule has 0 spiro atoms. The van der Waals surface area contributed by atoms with E-state index in [1.165, 1.54) is 29.3 Å². The first kappa shape index (κ1) is 12.9. The second-order valence-corrected chi connectivity index (χ2v) is 5.60. The molecule has 1 aliphatic rings. The van der Waals surface area contributed by atoms with Crippen LogP contribution in [0.2, 0.25) is 0 Å². The third-order valence-corrected chi connectivity index (χ3v) is 4.31. The molecule has 1 saturated carbocycles. The van der Waals surface area contributed by atoms with Crippen molar-refractivity contribution in [3.8, 4) is 0 Å². The van der Waals surface area contributed by atoms with E-state index in [-0.39, 0.29) is 0 Å². The van der Waals surface area contributed by atoms with Crippen LogP contribution in [0.25, 0.3) is 0 Å². The van der Waals surface area contributed by atoms with Crippen LogP contribution in [0.1, 0.15) is 41.6 Å². The molecule has 0 radical (unpaired) electrons. The molecule has 1 aliphatic carbocycles. The summed E-state index contributed by atoms with van der Waals surface area (Å²) in [6, 6.07) is 0. The van der Waals surface area contributed by atoms with Crippen LogP contribution in [-0.2, 0) is 11.2 Å². The Kier molecular flexibility index (Phi) is 5.35. The van der Waals surface area contributed by atoms with E-state index >= 15 is 0 Å². The maximum absolute atomic E-state index is 4.97. The summed E-state index contributed by atoms with van der Waals surface area (Å²) in [4.78, 5) is 0. The van der Waals surface area contributed by atoms with Crippen molar-refractivity contribution in [3.63, 3.8) is 0 Å². The van der Waals surface area contributed by atoms with E-state index in [1.807, 2.05) is 11.3 Å². The summed E-state index contributed by atoms with van der Waals surface area (Å²) in [5, 5.41) is 14.4. The molecule has 1 heterocycles. The quantitative estimate of drug-likeness (QED) is 0.722. The van der Waals surface area contributed by atoms with Crippen LogP contribution in [0.3, 0.4) is 0 Å². The van der Waals surface area contributed by atoms with Crippen LogP contribution >= 0.6 is 11.3 Å². The molecule has 0 saturated heterocycles. The second kappa shape index (κ2) is 7.03. The van der Waals surface area contributed by atoms with Crippen LogP contribution in [0.4, 0.5) is 0 Å². The number of nitrogens with one attached hydrogen (secondary N) is 1. The Bertz CT molecular complexity index is 325. The molecular weight excluding hydrogens is 234 g/mol. The van der Waals surface area contributed by atoms with Crippen LogP contribution in [-0.4, -0.2) is 37.0 Å². The van der Waals surface area contributed by atoms with Gasteiger partial charge in [0.25, 0.3) is 0 Å². The summed E-state index contributed by atoms with van der Waals surface area (Å²) in [5.74, 6) is 0.723. The van der Waals surface area contributed by atoms with Crippen molar-refractivity contribution in [2.45, 2.75) is 38.0 Å². The smallest absolute Gasteiger partial charge is 0.120 e. The number of hydrogen-bond acceptors (Lipinski definition) is 5. The first-order chi connectivity index (χ1) is 8.40. The zero-order valence-electron chi connectivity index (χ0n) is 10.4. The van der Waals surface area contributed by atoms with Crippen LogP contribution in [0.15, 0.2) is 0 Å². The summed E-state index contributed by atoms with van der Waals surface area (Å²) >= 11 is 1.81. The molecule has 5 heteroatoms. The molecule has 1 N–H and O–H groups in total. The standard InChI is InChI=1S/C12H21N3OS/c1-16-9-8-13-7-3-6-11-14-15-12(17-11)10-4-2-5-10/h10,13H,2-9H2,1H3. The van der Waals surface area contributed by atoms with Crippen LogP contribution in [0.5, 0.6) is 0 Å². The molecule has 0 aromatic carbocycles. The molecular formula is C12H21N3OS. The van der Waals surface area contributed by atoms with Gasteiger partial charge in [-0.05, 0) is 25.8 Å². The van der Waals surface area contributed by atoms with E-state index in [4.69, 9.17) is 4.74 Å². The van der Waals surface area contributed by atoms with Crippen molar-refractivity contribution in [2.24, 2.45) is 0 Å². The molecule has 1 fully saturated rings. The van der Waals surface area contributed by atoms with Gasteiger partial charge in [-0.3, -0.25) is 0 Å². The van der Waals surface area contributed by atoms with E-state index < -0.39 is 0 Å². The molecule has 1 aromatic rings. The summed E-state index contributed by atoms with van der Waals surface area (Å²) in [7, 11) is 1.73. The molecule has 0 aliphatic heterocycles. The Morgan fingerprint density at radius 3 is 2.94 bits per heavy atom. The summed E-state index contributed by atoms with van der Waals surface area (Å²) in [5.41, 5.74) is 0. The lowest BCUT2D eigenvalue weighted by molar-refractivity contribution is 0.199. The van der Waals surface area contributed by atoms with Gasteiger partial charge in [0.2, 0.25) is 0 Å². The van der Waals surface area contributed by atoms with E-state index in [9.17, 15) is 0 Å². The molecule has 2 rings (SSSR count). The molecule has 17 heavy (non-hydrogen) atoms. The lowest BCUT2D eigenvalue weighted by atomic mass is 9.86. The molecule has 4 nitrogen and oxygen atoms in total. The molecule has 0 atom stereocenters. The van der Waals surface area contributed by atoms with E-state index in [1.54, 1.807) is 7.11 Å².